The van der Waals surface area contributed by atoms with Crippen molar-refractivity contribution in [1.29, 1.82) is 0 Å². The number of carbonyl (C=O) groups is 2. The van der Waals surface area contributed by atoms with Crippen molar-refractivity contribution in [2.45, 2.75) is 25.4 Å². The van der Waals surface area contributed by atoms with E-state index in [9.17, 15) is 14.0 Å². The van der Waals surface area contributed by atoms with Gasteiger partial charge in [0.05, 0.1) is 12.7 Å². The first-order valence-corrected chi connectivity index (χ1v) is 8.92. The third-order valence-corrected chi connectivity index (χ3v) is 5.48. The van der Waals surface area contributed by atoms with Gasteiger partial charge in [-0.3, -0.25) is 9.59 Å². The van der Waals surface area contributed by atoms with E-state index in [2.05, 4.69) is 10.3 Å². The number of aromatic nitrogens is 1. The lowest BCUT2D eigenvalue weighted by molar-refractivity contribution is -0.122. The molecule has 1 N–H and O–H groups in total. The zero-order valence-corrected chi connectivity index (χ0v) is 14.0. The van der Waals surface area contributed by atoms with E-state index in [1.165, 1.54) is 12.3 Å². The molecule has 3 aliphatic rings. The van der Waals surface area contributed by atoms with Crippen LogP contribution in [0.15, 0.2) is 18.3 Å². The van der Waals surface area contributed by atoms with Crippen LogP contribution in [0.3, 0.4) is 0 Å². The molecular formula is C18H22FN3O3. The second-order valence-corrected chi connectivity index (χ2v) is 7.22. The highest BCUT2D eigenvalue weighted by Gasteiger charge is 2.42. The van der Waals surface area contributed by atoms with Crippen LogP contribution in [-0.4, -0.2) is 54.0 Å². The molecule has 0 radical (unpaired) electrons. The molecule has 7 heteroatoms. The van der Waals surface area contributed by atoms with Crippen LogP contribution in [0.25, 0.3) is 0 Å². The van der Waals surface area contributed by atoms with Crippen LogP contribution in [0, 0.1) is 23.7 Å². The molecule has 0 unspecified atom stereocenters. The molecule has 4 rings (SSSR count). The van der Waals surface area contributed by atoms with E-state index in [0.29, 0.717) is 37.7 Å². The minimum absolute atomic E-state index is 0.0309. The molecular weight excluding hydrogens is 325 g/mol. The zero-order valence-electron chi connectivity index (χ0n) is 14.0. The molecule has 2 saturated heterocycles. The van der Waals surface area contributed by atoms with Gasteiger partial charge < -0.3 is 15.0 Å². The second-order valence-electron chi connectivity index (χ2n) is 7.22. The fourth-order valence-electron chi connectivity index (χ4n) is 3.89. The number of amides is 2. The summed E-state index contributed by atoms with van der Waals surface area (Å²) < 4.78 is 19.1. The van der Waals surface area contributed by atoms with E-state index in [4.69, 9.17) is 4.74 Å². The van der Waals surface area contributed by atoms with Gasteiger partial charge in [0.1, 0.15) is 0 Å². The van der Waals surface area contributed by atoms with Crippen molar-refractivity contribution in [3.05, 3.63) is 29.8 Å². The fourth-order valence-corrected chi connectivity index (χ4v) is 3.89. The van der Waals surface area contributed by atoms with Gasteiger partial charge >= 0.3 is 0 Å². The Labute approximate surface area is 145 Å². The Balaban J connectivity index is 1.33. The van der Waals surface area contributed by atoms with Crippen molar-refractivity contribution in [2.75, 3.05) is 26.2 Å². The molecule has 0 spiro atoms. The molecule has 2 aliphatic heterocycles. The summed E-state index contributed by atoms with van der Waals surface area (Å²) in [6.07, 6.45) is 4.18. The summed E-state index contributed by atoms with van der Waals surface area (Å²) in [6.45, 7) is 2.39. The summed E-state index contributed by atoms with van der Waals surface area (Å²) in [5, 5.41) is 2.99. The van der Waals surface area contributed by atoms with Crippen LogP contribution < -0.4 is 5.32 Å². The summed E-state index contributed by atoms with van der Waals surface area (Å²) in [6, 6.07) is 2.72. The van der Waals surface area contributed by atoms with Crippen molar-refractivity contribution >= 4 is 11.8 Å². The molecule has 134 valence electrons. The van der Waals surface area contributed by atoms with Gasteiger partial charge in [-0.25, -0.2) is 4.98 Å². The predicted octanol–water partition coefficient (Wildman–Crippen LogP) is 1.22. The van der Waals surface area contributed by atoms with Crippen molar-refractivity contribution in [2.24, 2.45) is 17.8 Å². The Morgan fingerprint density at radius 3 is 2.96 bits per heavy atom. The zero-order chi connectivity index (χ0) is 17.4. The maximum atomic E-state index is 13.2. The van der Waals surface area contributed by atoms with Crippen molar-refractivity contribution < 1.29 is 18.7 Å². The lowest BCUT2D eigenvalue weighted by atomic mass is 9.84. The van der Waals surface area contributed by atoms with Gasteiger partial charge in [-0.2, -0.15) is 4.39 Å². The first kappa shape index (κ1) is 16.4. The van der Waals surface area contributed by atoms with Crippen LogP contribution in [0.4, 0.5) is 4.39 Å². The Hall–Kier alpha value is -2.02. The number of fused-ring (bicyclic) bond motifs is 1. The molecule has 0 aromatic carbocycles. The van der Waals surface area contributed by atoms with Gasteiger partial charge in [0.15, 0.2) is 0 Å². The monoisotopic (exact) mass is 347 g/mol. The molecule has 0 bridgehead atoms. The molecule has 2 amide bonds. The Morgan fingerprint density at radius 1 is 1.36 bits per heavy atom. The summed E-state index contributed by atoms with van der Waals surface area (Å²) in [5.41, 5.74) is 0.332. The fraction of sp³-hybridized carbons (Fsp3) is 0.611. The van der Waals surface area contributed by atoms with Crippen LogP contribution in [0.1, 0.15) is 29.6 Å². The van der Waals surface area contributed by atoms with Crippen molar-refractivity contribution in [3.8, 4) is 0 Å². The lowest BCUT2D eigenvalue weighted by Gasteiger charge is -2.35. The molecule has 6 nitrogen and oxygen atoms in total. The van der Waals surface area contributed by atoms with E-state index in [1.54, 1.807) is 11.0 Å². The quantitative estimate of drug-likeness (QED) is 0.832. The summed E-state index contributed by atoms with van der Waals surface area (Å²) in [4.78, 5) is 29.6. The molecule has 1 aliphatic carbocycles. The number of pyridine rings is 1. The first-order valence-electron chi connectivity index (χ1n) is 8.92. The number of ether oxygens (including phenoxy) is 1. The van der Waals surface area contributed by atoms with Crippen LogP contribution in [0.5, 0.6) is 0 Å². The van der Waals surface area contributed by atoms with Gasteiger partial charge in [-0.05, 0) is 31.2 Å². The Kier molecular flexibility index (Phi) is 4.41. The topological polar surface area (TPSA) is 71.5 Å². The smallest absolute Gasteiger partial charge is 0.254 e. The number of hydrogen-bond acceptors (Lipinski definition) is 4. The highest BCUT2D eigenvalue weighted by atomic mass is 19.1. The predicted molar refractivity (Wildman–Crippen MR) is 87.2 cm³/mol. The third-order valence-electron chi connectivity index (χ3n) is 5.48. The van der Waals surface area contributed by atoms with E-state index in [-0.39, 0.29) is 29.8 Å². The van der Waals surface area contributed by atoms with E-state index in [1.807, 2.05) is 0 Å². The average Bonchev–Trinajstić information content (AvgIpc) is 3.40. The van der Waals surface area contributed by atoms with Gasteiger partial charge in [0, 0.05) is 49.3 Å². The average molecular weight is 347 g/mol. The van der Waals surface area contributed by atoms with E-state index < -0.39 is 5.95 Å². The number of likely N-dealkylation sites (tertiary alicyclic amines) is 1. The van der Waals surface area contributed by atoms with E-state index >= 15 is 0 Å². The van der Waals surface area contributed by atoms with Crippen molar-refractivity contribution in [1.82, 2.24) is 15.2 Å². The molecule has 3 atom stereocenters. The lowest BCUT2D eigenvalue weighted by Crippen LogP contribution is -2.46. The Morgan fingerprint density at radius 2 is 2.20 bits per heavy atom. The van der Waals surface area contributed by atoms with Crippen LogP contribution in [-0.2, 0) is 9.53 Å². The highest BCUT2D eigenvalue weighted by molar-refractivity contribution is 5.94. The normalized spacial score (nSPS) is 28.5. The van der Waals surface area contributed by atoms with Gasteiger partial charge in [0.2, 0.25) is 11.9 Å². The standard InChI is InChI=1S/C18H22FN3O3/c19-16-7-12(3-5-20-16)18(24)22-6-4-14-13(9-22)10-25-15(14)8-21-17(23)11-1-2-11/h3,5,7,11,13-15H,1-2,4,6,8-10H2,(H,21,23)/t13-,14-,15+/m1/s1. The maximum Gasteiger partial charge on any atom is 0.254 e. The molecule has 3 fully saturated rings. The third kappa shape index (κ3) is 3.51. The van der Waals surface area contributed by atoms with Gasteiger partial charge in [0.25, 0.3) is 5.91 Å². The summed E-state index contributed by atoms with van der Waals surface area (Å²) in [7, 11) is 0. The maximum absolute atomic E-state index is 13.2. The SMILES string of the molecule is O=C(NC[C@@H]1OC[C@H]2CN(C(=O)c3ccnc(F)c3)CC[C@H]21)C1CC1. The minimum atomic E-state index is -0.642. The van der Waals surface area contributed by atoms with Crippen LogP contribution >= 0.6 is 0 Å². The largest absolute Gasteiger partial charge is 0.376 e. The number of rotatable bonds is 4. The number of nitrogens with one attached hydrogen (secondary N) is 1. The Bertz CT molecular complexity index is 679. The number of carbonyl (C=O) groups excluding carboxylic acids is 2. The molecule has 1 saturated carbocycles. The molecule has 3 heterocycles. The minimum Gasteiger partial charge on any atom is -0.376 e. The highest BCUT2D eigenvalue weighted by Crippen LogP contribution is 2.35. The number of halogens is 1. The first-order chi connectivity index (χ1) is 12.1. The summed E-state index contributed by atoms with van der Waals surface area (Å²) in [5.74, 6) is 0.170. The van der Waals surface area contributed by atoms with E-state index in [0.717, 1.165) is 19.3 Å². The molecule has 25 heavy (non-hydrogen) atoms. The second kappa shape index (κ2) is 6.71. The number of piperidine rings is 1. The van der Waals surface area contributed by atoms with Crippen LogP contribution in [0.2, 0.25) is 0 Å². The summed E-state index contributed by atoms with van der Waals surface area (Å²) >= 11 is 0. The van der Waals surface area contributed by atoms with Gasteiger partial charge in [-0.15, -0.1) is 0 Å². The number of hydrogen-bond donors (Lipinski definition) is 1. The van der Waals surface area contributed by atoms with Crippen molar-refractivity contribution in [3.63, 3.8) is 0 Å². The van der Waals surface area contributed by atoms with Gasteiger partial charge in [-0.1, -0.05) is 0 Å². The molecule has 1 aromatic heterocycles. The number of nitrogens with zero attached hydrogens (tertiary/aromatic N) is 2. The molecule has 1 aromatic rings.